The molecule has 2 heterocycles. The molecule has 214 valence electrons. The van der Waals surface area contributed by atoms with E-state index in [9.17, 15) is 9.59 Å². The summed E-state index contributed by atoms with van der Waals surface area (Å²) in [5.41, 5.74) is 1.45. The first-order valence-corrected chi connectivity index (χ1v) is 14.4. The summed E-state index contributed by atoms with van der Waals surface area (Å²) in [4.78, 5) is 29.3. The highest BCUT2D eigenvalue weighted by Gasteiger charge is 2.44. The standard InChI is InChI=1S/C32H41N3O5/c1-31(2,3)40-30(37)35-28-11-7-6-10-26(28)27(33-35)20-23-21-34(18-19-39-22-23)29(36)32(16-8-5-9-17-32)24-12-14-25(38-4)15-13-24/h6-7,10-15,23H,5,8-9,16-22H2,1-4H3. The van der Waals surface area contributed by atoms with Gasteiger partial charge in [-0.3, -0.25) is 4.79 Å². The van der Waals surface area contributed by atoms with Crippen LogP contribution < -0.4 is 4.74 Å². The minimum atomic E-state index is -0.626. The van der Waals surface area contributed by atoms with Crippen LogP contribution in [-0.2, 0) is 26.1 Å². The van der Waals surface area contributed by atoms with Gasteiger partial charge in [-0.05, 0) is 63.8 Å². The highest BCUT2D eigenvalue weighted by atomic mass is 16.6. The molecule has 3 aromatic rings. The number of hydrogen-bond acceptors (Lipinski definition) is 6. The Morgan fingerprint density at radius 2 is 1.77 bits per heavy atom. The molecule has 0 bridgehead atoms. The maximum absolute atomic E-state index is 14.4. The zero-order chi connectivity index (χ0) is 28.3. The van der Waals surface area contributed by atoms with E-state index in [-0.39, 0.29) is 11.8 Å². The third kappa shape index (κ3) is 5.87. The molecule has 2 aromatic carbocycles. The Kier molecular flexibility index (Phi) is 8.17. The average molecular weight is 548 g/mol. The molecule has 1 saturated carbocycles. The van der Waals surface area contributed by atoms with Crippen molar-refractivity contribution in [2.24, 2.45) is 5.92 Å². The van der Waals surface area contributed by atoms with E-state index in [1.54, 1.807) is 7.11 Å². The van der Waals surface area contributed by atoms with Crippen molar-refractivity contribution in [3.8, 4) is 5.75 Å². The minimum Gasteiger partial charge on any atom is -0.497 e. The van der Waals surface area contributed by atoms with Crippen LogP contribution in [0, 0.1) is 5.92 Å². The Morgan fingerprint density at radius 1 is 1.05 bits per heavy atom. The predicted molar refractivity (Wildman–Crippen MR) is 154 cm³/mol. The van der Waals surface area contributed by atoms with Gasteiger partial charge in [-0.15, -0.1) is 0 Å². The summed E-state index contributed by atoms with van der Waals surface area (Å²) in [7, 11) is 1.66. The number of amides is 1. The number of carbonyl (C=O) groups excluding carboxylic acids is 2. The first kappa shape index (κ1) is 28.1. The highest BCUT2D eigenvalue weighted by Crippen LogP contribution is 2.42. The molecule has 8 nitrogen and oxygen atoms in total. The fourth-order valence-corrected chi connectivity index (χ4v) is 6.18. The molecular formula is C32H41N3O5. The minimum absolute atomic E-state index is 0.0494. The molecule has 0 radical (unpaired) electrons. The molecule has 1 aliphatic heterocycles. The van der Waals surface area contributed by atoms with Crippen molar-refractivity contribution in [3.63, 3.8) is 0 Å². The number of para-hydroxylation sites is 1. The van der Waals surface area contributed by atoms with Crippen LogP contribution in [0.5, 0.6) is 5.75 Å². The summed E-state index contributed by atoms with van der Waals surface area (Å²) in [6.45, 7) is 7.73. The molecular weight excluding hydrogens is 506 g/mol. The summed E-state index contributed by atoms with van der Waals surface area (Å²) in [6.07, 6.45) is 5.04. The van der Waals surface area contributed by atoms with Crippen LogP contribution in [0.25, 0.3) is 10.9 Å². The molecule has 0 N–H and O–H groups in total. The molecule has 1 amide bonds. The van der Waals surface area contributed by atoms with Gasteiger partial charge in [0.05, 0.1) is 36.9 Å². The third-order valence-electron chi connectivity index (χ3n) is 8.10. The van der Waals surface area contributed by atoms with Crippen LogP contribution >= 0.6 is 0 Å². The highest BCUT2D eigenvalue weighted by molar-refractivity contribution is 5.90. The van der Waals surface area contributed by atoms with Crippen molar-refractivity contribution in [1.82, 2.24) is 14.7 Å². The number of nitrogens with zero attached hydrogens (tertiary/aromatic N) is 3. The Morgan fingerprint density at radius 3 is 2.48 bits per heavy atom. The number of methoxy groups -OCH3 is 1. The molecule has 1 atom stereocenters. The van der Waals surface area contributed by atoms with E-state index in [1.807, 2.05) is 62.1 Å². The topological polar surface area (TPSA) is 82.9 Å². The van der Waals surface area contributed by atoms with E-state index in [0.717, 1.165) is 60.0 Å². The number of fused-ring (bicyclic) bond motifs is 1. The SMILES string of the molecule is COc1ccc(C2(C(=O)N3CCOCC(Cc4nn(C(=O)OC(C)(C)C)c5ccccc45)C3)CCCCC2)cc1. The van der Waals surface area contributed by atoms with Crippen molar-refractivity contribution >= 4 is 22.9 Å². The number of carbonyl (C=O) groups is 2. The van der Waals surface area contributed by atoms with E-state index < -0.39 is 17.1 Å². The van der Waals surface area contributed by atoms with Gasteiger partial charge in [0.25, 0.3) is 0 Å². The van der Waals surface area contributed by atoms with Gasteiger partial charge in [0.2, 0.25) is 5.91 Å². The largest absolute Gasteiger partial charge is 0.497 e. The van der Waals surface area contributed by atoms with E-state index in [0.29, 0.717) is 32.7 Å². The molecule has 2 aliphatic rings. The van der Waals surface area contributed by atoms with Crippen molar-refractivity contribution in [2.45, 2.75) is 70.3 Å². The molecule has 1 unspecified atom stereocenters. The third-order valence-corrected chi connectivity index (χ3v) is 8.10. The summed E-state index contributed by atoms with van der Waals surface area (Å²) in [6, 6.07) is 15.8. The fraction of sp³-hybridized carbons (Fsp3) is 0.531. The summed E-state index contributed by atoms with van der Waals surface area (Å²) in [5, 5.41) is 5.62. The average Bonchev–Trinajstić information content (AvgIpc) is 3.15. The molecule has 2 fully saturated rings. The maximum atomic E-state index is 14.4. The van der Waals surface area contributed by atoms with Crippen molar-refractivity contribution in [3.05, 3.63) is 59.8 Å². The van der Waals surface area contributed by atoms with E-state index in [1.165, 1.54) is 4.68 Å². The van der Waals surface area contributed by atoms with Crippen LogP contribution in [0.1, 0.15) is 64.1 Å². The maximum Gasteiger partial charge on any atom is 0.435 e. The van der Waals surface area contributed by atoms with Crippen molar-refractivity contribution in [2.75, 3.05) is 33.4 Å². The second-order valence-corrected chi connectivity index (χ2v) is 12.1. The molecule has 1 saturated heterocycles. The Hall–Kier alpha value is -3.39. The first-order chi connectivity index (χ1) is 19.2. The smallest absolute Gasteiger partial charge is 0.435 e. The van der Waals surface area contributed by atoms with Gasteiger partial charge in [-0.1, -0.05) is 49.6 Å². The number of rotatable bonds is 5. The van der Waals surface area contributed by atoms with Gasteiger partial charge in [0.15, 0.2) is 0 Å². The predicted octanol–water partition coefficient (Wildman–Crippen LogP) is 5.75. The number of ether oxygens (including phenoxy) is 3. The first-order valence-electron chi connectivity index (χ1n) is 14.4. The normalized spacial score (nSPS) is 19.7. The lowest BCUT2D eigenvalue weighted by atomic mass is 9.68. The van der Waals surface area contributed by atoms with Crippen LogP contribution in [0.2, 0.25) is 0 Å². The van der Waals surface area contributed by atoms with Gasteiger partial charge in [0.1, 0.15) is 11.4 Å². The lowest BCUT2D eigenvalue weighted by Crippen LogP contribution is -2.50. The second-order valence-electron chi connectivity index (χ2n) is 12.1. The van der Waals surface area contributed by atoms with Crippen LogP contribution in [0.4, 0.5) is 4.79 Å². The van der Waals surface area contributed by atoms with Crippen LogP contribution in [0.3, 0.4) is 0 Å². The van der Waals surface area contributed by atoms with Crippen molar-refractivity contribution < 1.29 is 23.8 Å². The lowest BCUT2D eigenvalue weighted by molar-refractivity contribution is -0.139. The van der Waals surface area contributed by atoms with Gasteiger partial charge in [-0.2, -0.15) is 9.78 Å². The van der Waals surface area contributed by atoms with Gasteiger partial charge < -0.3 is 19.1 Å². The Labute approximate surface area is 236 Å². The number of hydrogen-bond donors (Lipinski definition) is 0. The monoisotopic (exact) mass is 547 g/mol. The molecule has 1 aromatic heterocycles. The molecule has 5 rings (SSSR count). The summed E-state index contributed by atoms with van der Waals surface area (Å²) >= 11 is 0. The molecule has 40 heavy (non-hydrogen) atoms. The second kappa shape index (κ2) is 11.6. The molecule has 1 aliphatic carbocycles. The Balaban J connectivity index is 1.40. The van der Waals surface area contributed by atoms with E-state index >= 15 is 0 Å². The van der Waals surface area contributed by atoms with Gasteiger partial charge >= 0.3 is 6.09 Å². The van der Waals surface area contributed by atoms with Crippen molar-refractivity contribution in [1.29, 1.82) is 0 Å². The number of aromatic nitrogens is 2. The molecule has 8 heteroatoms. The lowest BCUT2D eigenvalue weighted by Gasteiger charge is -2.40. The summed E-state index contributed by atoms with van der Waals surface area (Å²) in [5.74, 6) is 1.04. The zero-order valence-electron chi connectivity index (χ0n) is 24.2. The van der Waals surface area contributed by atoms with Crippen LogP contribution in [0.15, 0.2) is 48.5 Å². The summed E-state index contributed by atoms with van der Waals surface area (Å²) < 4.78 is 18.4. The zero-order valence-corrected chi connectivity index (χ0v) is 24.2. The van der Waals surface area contributed by atoms with Gasteiger partial charge in [0, 0.05) is 24.4 Å². The van der Waals surface area contributed by atoms with Crippen LogP contribution in [-0.4, -0.2) is 65.7 Å². The van der Waals surface area contributed by atoms with Gasteiger partial charge in [-0.25, -0.2) is 4.79 Å². The number of benzene rings is 2. The Bertz CT molecular complexity index is 1330. The fourth-order valence-electron chi connectivity index (χ4n) is 6.18. The van der Waals surface area contributed by atoms with E-state index in [4.69, 9.17) is 19.3 Å². The quantitative estimate of drug-likeness (QED) is 0.405. The van der Waals surface area contributed by atoms with E-state index in [2.05, 4.69) is 12.1 Å². The molecule has 0 spiro atoms.